The number of halogens is 2. The molecule has 0 aliphatic rings. The number of rotatable bonds is 4. The lowest BCUT2D eigenvalue weighted by Crippen LogP contribution is -2.04. The van der Waals surface area contributed by atoms with E-state index in [2.05, 4.69) is 43.2 Å². The second-order valence-corrected chi connectivity index (χ2v) is 4.97. The van der Waals surface area contributed by atoms with Crippen LogP contribution in [-0.2, 0) is 4.74 Å². The lowest BCUT2D eigenvalue weighted by Gasteiger charge is -2.04. The van der Waals surface area contributed by atoms with Crippen LogP contribution in [0, 0.1) is 5.41 Å². The highest BCUT2D eigenvalue weighted by molar-refractivity contribution is 9.13. The van der Waals surface area contributed by atoms with Gasteiger partial charge in [-0.3, -0.25) is 5.41 Å². The highest BCUT2D eigenvalue weighted by Crippen LogP contribution is 2.29. The Morgan fingerprint density at radius 2 is 2.29 bits per heavy atom. The van der Waals surface area contributed by atoms with Crippen molar-refractivity contribution < 1.29 is 4.74 Å². The van der Waals surface area contributed by atoms with Crippen LogP contribution in [-0.4, -0.2) is 16.9 Å². The van der Waals surface area contributed by atoms with Crippen LogP contribution in [0.5, 0.6) is 0 Å². The SMILES string of the molecule is CCCCOC(=N)c1snc(Br)c1Br. The van der Waals surface area contributed by atoms with Crippen LogP contribution < -0.4 is 0 Å². The van der Waals surface area contributed by atoms with Crippen molar-refractivity contribution in [2.75, 3.05) is 6.61 Å². The summed E-state index contributed by atoms with van der Waals surface area (Å²) in [6.45, 7) is 2.68. The van der Waals surface area contributed by atoms with E-state index in [0.717, 1.165) is 26.8 Å². The van der Waals surface area contributed by atoms with Crippen LogP contribution in [0.4, 0.5) is 0 Å². The molecule has 0 radical (unpaired) electrons. The molecule has 0 amide bonds. The van der Waals surface area contributed by atoms with Gasteiger partial charge < -0.3 is 4.74 Å². The van der Waals surface area contributed by atoms with Crippen molar-refractivity contribution in [3.63, 3.8) is 0 Å². The van der Waals surface area contributed by atoms with Gasteiger partial charge in [0.1, 0.15) is 9.48 Å². The van der Waals surface area contributed by atoms with Crippen molar-refractivity contribution in [1.29, 1.82) is 5.41 Å². The molecule has 6 heteroatoms. The molecule has 0 saturated carbocycles. The average molecular weight is 342 g/mol. The monoisotopic (exact) mass is 340 g/mol. The molecule has 0 atom stereocenters. The van der Waals surface area contributed by atoms with E-state index >= 15 is 0 Å². The van der Waals surface area contributed by atoms with Gasteiger partial charge in [0.2, 0.25) is 5.90 Å². The summed E-state index contributed by atoms with van der Waals surface area (Å²) in [6.07, 6.45) is 2.04. The quantitative estimate of drug-likeness (QED) is 0.514. The Kier molecular flexibility index (Phi) is 5.05. The Balaban J connectivity index is 2.56. The minimum Gasteiger partial charge on any atom is -0.477 e. The Labute approximate surface area is 104 Å². The molecule has 0 bridgehead atoms. The molecule has 1 rings (SSSR count). The topological polar surface area (TPSA) is 46.0 Å². The van der Waals surface area contributed by atoms with E-state index in [0.29, 0.717) is 6.61 Å². The molecule has 0 saturated heterocycles. The minimum atomic E-state index is 0.188. The Bertz CT molecular complexity index is 327. The Hall–Kier alpha value is 0.0600. The minimum absolute atomic E-state index is 0.188. The summed E-state index contributed by atoms with van der Waals surface area (Å²) in [4.78, 5) is 0.730. The van der Waals surface area contributed by atoms with Crippen molar-refractivity contribution in [2.45, 2.75) is 19.8 Å². The van der Waals surface area contributed by atoms with Crippen molar-refractivity contribution in [3.05, 3.63) is 14.0 Å². The molecule has 0 aliphatic carbocycles. The first kappa shape index (κ1) is 12.1. The Morgan fingerprint density at radius 1 is 1.57 bits per heavy atom. The summed E-state index contributed by atoms with van der Waals surface area (Å²) in [7, 11) is 0. The van der Waals surface area contributed by atoms with Crippen LogP contribution >= 0.6 is 43.4 Å². The van der Waals surface area contributed by atoms with Crippen molar-refractivity contribution in [1.82, 2.24) is 4.37 Å². The van der Waals surface area contributed by atoms with Gasteiger partial charge >= 0.3 is 0 Å². The van der Waals surface area contributed by atoms with Gasteiger partial charge in [0.15, 0.2) is 0 Å². The molecule has 3 nitrogen and oxygen atoms in total. The summed E-state index contributed by atoms with van der Waals surface area (Å²) in [5, 5.41) is 7.66. The van der Waals surface area contributed by atoms with Crippen molar-refractivity contribution >= 4 is 49.3 Å². The summed E-state index contributed by atoms with van der Waals surface area (Å²) < 4.78 is 10.8. The summed E-state index contributed by atoms with van der Waals surface area (Å²) >= 11 is 7.86. The van der Waals surface area contributed by atoms with Crippen molar-refractivity contribution in [3.8, 4) is 0 Å². The highest BCUT2D eigenvalue weighted by atomic mass is 79.9. The maximum absolute atomic E-state index is 7.66. The molecular weight excluding hydrogens is 332 g/mol. The number of aromatic nitrogens is 1. The largest absolute Gasteiger partial charge is 0.477 e. The molecule has 1 aromatic rings. The predicted octanol–water partition coefficient (Wildman–Crippen LogP) is 3.81. The van der Waals surface area contributed by atoms with Gasteiger partial charge in [0.25, 0.3) is 0 Å². The fourth-order valence-corrected chi connectivity index (χ4v) is 2.52. The summed E-state index contributed by atoms with van der Waals surface area (Å²) in [5.41, 5.74) is 0. The third-order valence-electron chi connectivity index (χ3n) is 1.55. The molecule has 1 N–H and O–H groups in total. The van der Waals surface area contributed by atoms with E-state index in [9.17, 15) is 0 Å². The van der Waals surface area contributed by atoms with Crippen molar-refractivity contribution in [2.24, 2.45) is 0 Å². The molecule has 1 heterocycles. The van der Waals surface area contributed by atoms with E-state index < -0.39 is 0 Å². The number of nitrogens with zero attached hydrogens (tertiary/aromatic N) is 1. The molecule has 0 unspecified atom stereocenters. The fourth-order valence-electron chi connectivity index (χ4n) is 0.785. The van der Waals surface area contributed by atoms with E-state index in [-0.39, 0.29) is 5.90 Å². The highest BCUT2D eigenvalue weighted by Gasteiger charge is 2.14. The summed E-state index contributed by atoms with van der Waals surface area (Å²) in [6, 6.07) is 0. The molecule has 0 aromatic carbocycles. The number of hydrogen-bond donors (Lipinski definition) is 1. The van der Waals surface area contributed by atoms with Crippen LogP contribution in [0.3, 0.4) is 0 Å². The zero-order valence-corrected chi connectivity index (χ0v) is 11.6. The van der Waals surface area contributed by atoms with E-state index in [4.69, 9.17) is 10.1 Å². The van der Waals surface area contributed by atoms with Gasteiger partial charge in [-0.2, -0.15) is 4.37 Å². The van der Waals surface area contributed by atoms with Gasteiger partial charge in [0.05, 0.1) is 11.1 Å². The standard InChI is InChI=1S/C8H10Br2N2OS/c1-2-3-4-13-8(11)6-5(9)7(10)12-14-6/h11H,2-4H2,1H3. The fraction of sp³-hybridized carbons (Fsp3) is 0.500. The molecule has 0 spiro atoms. The smallest absolute Gasteiger partial charge is 0.226 e. The third-order valence-corrected chi connectivity index (χ3v) is 4.77. The molecule has 0 aliphatic heterocycles. The van der Waals surface area contributed by atoms with Crippen LogP contribution in [0.25, 0.3) is 0 Å². The molecule has 78 valence electrons. The number of nitrogens with one attached hydrogen (secondary N) is 1. The summed E-state index contributed by atoms with van der Waals surface area (Å²) in [5.74, 6) is 0.188. The van der Waals surface area contributed by atoms with E-state index in [1.807, 2.05) is 0 Å². The van der Waals surface area contributed by atoms with Gasteiger partial charge in [-0.15, -0.1) is 0 Å². The lowest BCUT2D eigenvalue weighted by molar-refractivity contribution is 0.296. The first-order chi connectivity index (χ1) is 6.66. The predicted molar refractivity (Wildman–Crippen MR) is 65.2 cm³/mol. The Morgan fingerprint density at radius 3 is 2.79 bits per heavy atom. The number of hydrogen-bond acceptors (Lipinski definition) is 4. The number of ether oxygens (including phenoxy) is 1. The zero-order chi connectivity index (χ0) is 10.6. The van der Waals surface area contributed by atoms with E-state index in [1.165, 1.54) is 11.5 Å². The van der Waals surface area contributed by atoms with Crippen LogP contribution in [0.1, 0.15) is 24.6 Å². The molecule has 1 aromatic heterocycles. The first-order valence-corrected chi connectivity index (χ1v) is 6.55. The van der Waals surface area contributed by atoms with Gasteiger partial charge in [0, 0.05) is 0 Å². The van der Waals surface area contributed by atoms with Gasteiger partial charge in [-0.1, -0.05) is 13.3 Å². The normalized spacial score (nSPS) is 10.2. The first-order valence-electron chi connectivity index (χ1n) is 4.19. The van der Waals surface area contributed by atoms with E-state index in [1.54, 1.807) is 0 Å². The number of unbranched alkanes of at least 4 members (excludes halogenated alkanes) is 1. The van der Waals surface area contributed by atoms with Crippen LogP contribution in [0.15, 0.2) is 9.08 Å². The lowest BCUT2D eigenvalue weighted by atomic mass is 10.4. The molecule has 0 fully saturated rings. The average Bonchev–Trinajstić information content (AvgIpc) is 2.48. The van der Waals surface area contributed by atoms with Gasteiger partial charge in [-0.05, 0) is 49.8 Å². The zero-order valence-electron chi connectivity index (χ0n) is 7.64. The third kappa shape index (κ3) is 3.03. The molecule has 14 heavy (non-hydrogen) atoms. The van der Waals surface area contributed by atoms with Crippen LogP contribution in [0.2, 0.25) is 0 Å². The molecular formula is C8H10Br2N2OS. The second kappa shape index (κ2) is 5.82. The maximum atomic E-state index is 7.66. The second-order valence-electron chi connectivity index (χ2n) is 2.65. The van der Waals surface area contributed by atoms with Gasteiger partial charge in [-0.25, -0.2) is 0 Å². The maximum Gasteiger partial charge on any atom is 0.226 e.